The van der Waals surface area contributed by atoms with Crippen LogP contribution in [0, 0.1) is 3.57 Å². The third-order valence-corrected chi connectivity index (χ3v) is 2.50. The number of hydrogen-bond donors (Lipinski definition) is 0. The number of rotatable bonds is 1. The van der Waals surface area contributed by atoms with Crippen molar-refractivity contribution in [2.24, 2.45) is 0 Å². The van der Waals surface area contributed by atoms with Gasteiger partial charge in [0.25, 0.3) is 0 Å². The van der Waals surface area contributed by atoms with Gasteiger partial charge < -0.3 is 0 Å². The highest BCUT2D eigenvalue weighted by Crippen LogP contribution is 2.34. The van der Waals surface area contributed by atoms with Crippen LogP contribution in [0.5, 0.6) is 0 Å². The Morgan fingerprint density at radius 1 is 1.46 bits per heavy atom. The van der Waals surface area contributed by atoms with E-state index >= 15 is 0 Å². The Kier molecular flexibility index (Phi) is 3.15. The molecule has 5 heteroatoms. The summed E-state index contributed by atoms with van der Waals surface area (Å²) >= 11 is 1.67. The molecule has 0 atom stereocenters. The van der Waals surface area contributed by atoms with E-state index in [0.29, 0.717) is 6.42 Å². The van der Waals surface area contributed by atoms with E-state index in [-0.39, 0.29) is 9.26 Å². The van der Waals surface area contributed by atoms with E-state index in [2.05, 4.69) is 4.98 Å². The molecule has 0 radical (unpaired) electrons. The van der Waals surface area contributed by atoms with Gasteiger partial charge in [0.2, 0.25) is 0 Å². The lowest BCUT2D eigenvalue weighted by Crippen LogP contribution is -2.12. The quantitative estimate of drug-likeness (QED) is 0.726. The van der Waals surface area contributed by atoms with Crippen LogP contribution in [0.4, 0.5) is 13.2 Å². The van der Waals surface area contributed by atoms with E-state index < -0.39 is 11.7 Å². The van der Waals surface area contributed by atoms with Crippen LogP contribution >= 0.6 is 22.6 Å². The molecule has 0 N–H and O–H groups in total. The fraction of sp³-hybridized carbons (Fsp3) is 0.375. The molecule has 0 spiro atoms. The molecule has 0 bridgehead atoms. The van der Waals surface area contributed by atoms with E-state index in [1.54, 1.807) is 29.5 Å². The van der Waals surface area contributed by atoms with E-state index in [1.807, 2.05) is 0 Å². The number of pyridine rings is 1. The number of aromatic nitrogens is 1. The second kappa shape index (κ2) is 3.81. The van der Waals surface area contributed by atoms with Crippen LogP contribution in [0.3, 0.4) is 0 Å². The molecule has 13 heavy (non-hydrogen) atoms. The highest BCUT2D eigenvalue weighted by Gasteiger charge is 2.35. The third-order valence-electron chi connectivity index (χ3n) is 1.60. The lowest BCUT2D eigenvalue weighted by atomic mass is 10.1. The molecule has 1 heterocycles. The minimum absolute atomic E-state index is 0.111. The fourth-order valence-corrected chi connectivity index (χ4v) is 1.82. The Morgan fingerprint density at radius 3 is 2.46 bits per heavy atom. The van der Waals surface area contributed by atoms with Crippen molar-refractivity contribution in [2.45, 2.75) is 19.5 Å². The third kappa shape index (κ3) is 2.32. The van der Waals surface area contributed by atoms with Crippen molar-refractivity contribution < 1.29 is 13.2 Å². The summed E-state index contributed by atoms with van der Waals surface area (Å²) in [5.41, 5.74) is -0.488. The van der Waals surface area contributed by atoms with Crippen LogP contribution in [-0.4, -0.2) is 4.98 Å². The molecule has 0 amide bonds. The van der Waals surface area contributed by atoms with Gasteiger partial charge in [-0.2, -0.15) is 13.2 Å². The van der Waals surface area contributed by atoms with Gasteiger partial charge in [0.15, 0.2) is 0 Å². The van der Waals surface area contributed by atoms with Crippen LogP contribution in [0.15, 0.2) is 12.3 Å². The van der Waals surface area contributed by atoms with Crippen molar-refractivity contribution in [1.82, 2.24) is 4.98 Å². The molecular formula is C8H7F3IN. The minimum Gasteiger partial charge on any atom is -0.261 e. The second-order valence-electron chi connectivity index (χ2n) is 2.47. The lowest BCUT2D eigenvalue weighted by molar-refractivity contribution is -0.139. The van der Waals surface area contributed by atoms with Gasteiger partial charge >= 0.3 is 6.18 Å². The molecule has 0 aliphatic carbocycles. The summed E-state index contributed by atoms with van der Waals surface area (Å²) in [5, 5.41) is 0. The number of alkyl halides is 3. The molecule has 0 fully saturated rings. The molecule has 1 nitrogen and oxygen atoms in total. The predicted molar refractivity (Wildman–Crippen MR) is 51.3 cm³/mol. The monoisotopic (exact) mass is 301 g/mol. The van der Waals surface area contributed by atoms with Gasteiger partial charge in [0, 0.05) is 9.77 Å². The van der Waals surface area contributed by atoms with Gasteiger partial charge in [-0.05, 0) is 35.1 Å². The Labute approximate surface area is 87.5 Å². The first-order chi connectivity index (χ1) is 5.96. The Balaban J connectivity index is 3.32. The van der Waals surface area contributed by atoms with Gasteiger partial charge in [0.1, 0.15) is 0 Å². The van der Waals surface area contributed by atoms with Crippen molar-refractivity contribution in [1.29, 1.82) is 0 Å². The van der Waals surface area contributed by atoms with Crippen molar-refractivity contribution in [3.8, 4) is 0 Å². The summed E-state index contributed by atoms with van der Waals surface area (Å²) in [6.45, 7) is 1.66. The summed E-state index contributed by atoms with van der Waals surface area (Å²) in [5.74, 6) is 0. The zero-order valence-electron chi connectivity index (χ0n) is 6.82. The maximum absolute atomic E-state index is 12.5. The number of halogens is 4. The summed E-state index contributed by atoms with van der Waals surface area (Å²) in [6, 6.07) is 1.36. The summed E-state index contributed by atoms with van der Waals surface area (Å²) < 4.78 is 37.6. The van der Waals surface area contributed by atoms with Crippen molar-refractivity contribution in [3.05, 3.63) is 27.1 Å². The molecule has 0 saturated heterocycles. The van der Waals surface area contributed by atoms with Gasteiger partial charge in [-0.1, -0.05) is 6.92 Å². The van der Waals surface area contributed by atoms with Crippen LogP contribution in [0.25, 0.3) is 0 Å². The fourth-order valence-electron chi connectivity index (χ4n) is 1.05. The Hall–Kier alpha value is -0.330. The topological polar surface area (TPSA) is 12.9 Å². The van der Waals surface area contributed by atoms with E-state index in [9.17, 15) is 13.2 Å². The zero-order valence-corrected chi connectivity index (χ0v) is 8.98. The zero-order chi connectivity index (χ0) is 10.1. The summed E-state index contributed by atoms with van der Waals surface area (Å²) in [7, 11) is 0. The second-order valence-corrected chi connectivity index (χ2v) is 3.63. The first kappa shape index (κ1) is 10.7. The normalized spacial score (nSPS) is 11.8. The Bertz CT molecular complexity index is 309. The molecular weight excluding hydrogens is 294 g/mol. The molecule has 0 aliphatic heterocycles. The maximum atomic E-state index is 12.5. The first-order valence-electron chi connectivity index (χ1n) is 3.67. The summed E-state index contributed by atoms with van der Waals surface area (Å²) in [4.78, 5) is 3.70. The predicted octanol–water partition coefficient (Wildman–Crippen LogP) is 3.27. The van der Waals surface area contributed by atoms with Crippen LogP contribution in [0.1, 0.15) is 18.2 Å². The molecule has 0 aromatic carbocycles. The SMILES string of the molecule is CCc1nccc(I)c1C(F)(F)F. The van der Waals surface area contributed by atoms with Crippen LogP contribution in [-0.2, 0) is 12.6 Å². The maximum Gasteiger partial charge on any atom is 0.419 e. The van der Waals surface area contributed by atoms with Gasteiger partial charge in [-0.25, -0.2) is 0 Å². The van der Waals surface area contributed by atoms with Gasteiger partial charge in [0.05, 0.1) is 11.3 Å². The van der Waals surface area contributed by atoms with Crippen molar-refractivity contribution in [3.63, 3.8) is 0 Å². The number of hydrogen-bond acceptors (Lipinski definition) is 1. The molecule has 0 saturated carbocycles. The first-order valence-corrected chi connectivity index (χ1v) is 4.75. The molecule has 0 aliphatic rings. The largest absolute Gasteiger partial charge is 0.419 e. The number of nitrogens with zero attached hydrogens (tertiary/aromatic N) is 1. The molecule has 0 unspecified atom stereocenters. The van der Waals surface area contributed by atoms with Crippen molar-refractivity contribution in [2.75, 3.05) is 0 Å². The van der Waals surface area contributed by atoms with E-state index in [1.165, 1.54) is 12.3 Å². The molecule has 1 rings (SSSR count). The number of aryl methyl sites for hydroxylation is 1. The summed E-state index contributed by atoms with van der Waals surface area (Å²) in [6.07, 6.45) is -2.60. The van der Waals surface area contributed by atoms with Crippen molar-refractivity contribution >= 4 is 22.6 Å². The smallest absolute Gasteiger partial charge is 0.261 e. The standard InChI is InChI=1S/C8H7F3IN/c1-2-6-7(8(9,10)11)5(12)3-4-13-6/h3-4H,2H2,1H3. The van der Waals surface area contributed by atoms with E-state index in [4.69, 9.17) is 0 Å². The molecule has 1 aromatic rings. The average molecular weight is 301 g/mol. The van der Waals surface area contributed by atoms with Crippen LogP contribution in [0.2, 0.25) is 0 Å². The molecule has 1 aromatic heterocycles. The average Bonchev–Trinajstić information content (AvgIpc) is 2.01. The van der Waals surface area contributed by atoms with Crippen LogP contribution < -0.4 is 0 Å². The Morgan fingerprint density at radius 2 is 2.08 bits per heavy atom. The van der Waals surface area contributed by atoms with Gasteiger partial charge in [-0.3, -0.25) is 4.98 Å². The van der Waals surface area contributed by atoms with Gasteiger partial charge in [-0.15, -0.1) is 0 Å². The lowest BCUT2D eigenvalue weighted by Gasteiger charge is -2.12. The highest BCUT2D eigenvalue weighted by atomic mass is 127. The minimum atomic E-state index is -4.30. The van der Waals surface area contributed by atoms with E-state index in [0.717, 1.165) is 0 Å². The molecule has 72 valence electrons. The highest BCUT2D eigenvalue weighted by molar-refractivity contribution is 14.1.